The van der Waals surface area contributed by atoms with E-state index in [2.05, 4.69) is 81.5 Å². The Morgan fingerprint density at radius 2 is 0.712 bits per heavy atom. The van der Waals surface area contributed by atoms with Gasteiger partial charge in [-0.1, -0.05) is 261 Å². The summed E-state index contributed by atoms with van der Waals surface area (Å²) < 4.78 is 17.5. The smallest absolute Gasteiger partial charge is 0.306 e. The van der Waals surface area contributed by atoms with Gasteiger partial charge in [-0.3, -0.25) is 9.59 Å². The number of carbonyl (C=O) groups excluding carboxylic acids is 2. The zero-order valence-corrected chi connectivity index (χ0v) is 44.2. The molecule has 0 aliphatic heterocycles. The van der Waals surface area contributed by atoms with E-state index >= 15 is 0 Å². The van der Waals surface area contributed by atoms with Crippen molar-refractivity contribution in [2.75, 3.05) is 19.8 Å². The van der Waals surface area contributed by atoms with Crippen molar-refractivity contribution in [3.05, 3.63) is 60.8 Å². The van der Waals surface area contributed by atoms with E-state index < -0.39 is 6.10 Å². The van der Waals surface area contributed by atoms with Crippen molar-refractivity contribution < 1.29 is 23.8 Å². The molecular formula is C61H110O5. The molecule has 0 fully saturated rings. The maximum absolute atomic E-state index is 12.9. The average Bonchev–Trinajstić information content (AvgIpc) is 3.32. The number of rotatable bonds is 53. The number of hydrogen-bond acceptors (Lipinski definition) is 5. The quantitative estimate of drug-likeness (QED) is 0.0346. The highest BCUT2D eigenvalue weighted by atomic mass is 16.6. The Hall–Kier alpha value is -2.40. The predicted octanol–water partition coefficient (Wildman–Crippen LogP) is 19.7. The van der Waals surface area contributed by atoms with Crippen LogP contribution in [0.3, 0.4) is 0 Å². The lowest BCUT2D eigenvalue weighted by molar-refractivity contribution is -0.163. The number of esters is 2. The molecule has 0 N–H and O–H groups in total. The largest absolute Gasteiger partial charge is 0.462 e. The summed E-state index contributed by atoms with van der Waals surface area (Å²) in [5, 5.41) is 0. The first-order valence-electron chi connectivity index (χ1n) is 28.8. The molecule has 0 radical (unpaired) electrons. The highest BCUT2D eigenvalue weighted by Gasteiger charge is 2.17. The van der Waals surface area contributed by atoms with Crippen LogP contribution < -0.4 is 0 Å². The zero-order valence-electron chi connectivity index (χ0n) is 44.2. The van der Waals surface area contributed by atoms with E-state index in [4.69, 9.17) is 14.2 Å². The molecule has 0 heterocycles. The Bertz CT molecular complexity index is 1130. The number of allylic oxidation sites excluding steroid dienone is 10. The lowest BCUT2D eigenvalue weighted by Gasteiger charge is -2.18. The monoisotopic (exact) mass is 923 g/mol. The number of carbonyl (C=O) groups is 2. The van der Waals surface area contributed by atoms with E-state index in [0.29, 0.717) is 19.4 Å². The number of unbranched alkanes of at least 4 members (excludes halogenated alkanes) is 32. The molecule has 0 aliphatic carbocycles. The molecule has 1 atom stereocenters. The highest BCUT2D eigenvalue weighted by molar-refractivity contribution is 5.70. The fourth-order valence-electron chi connectivity index (χ4n) is 8.27. The molecule has 5 nitrogen and oxygen atoms in total. The Balaban J connectivity index is 4.25. The van der Waals surface area contributed by atoms with Crippen molar-refractivity contribution in [3.63, 3.8) is 0 Å². The number of ether oxygens (including phenoxy) is 3. The van der Waals surface area contributed by atoms with Crippen LogP contribution in [0, 0.1) is 0 Å². The third kappa shape index (κ3) is 54.2. The highest BCUT2D eigenvalue weighted by Crippen LogP contribution is 2.16. The van der Waals surface area contributed by atoms with Crippen LogP contribution in [-0.2, 0) is 23.8 Å². The maximum Gasteiger partial charge on any atom is 0.306 e. The molecule has 0 rings (SSSR count). The summed E-state index contributed by atoms with van der Waals surface area (Å²) >= 11 is 0. The molecule has 0 aromatic rings. The van der Waals surface area contributed by atoms with Gasteiger partial charge in [0.2, 0.25) is 0 Å². The third-order valence-electron chi connectivity index (χ3n) is 12.5. The van der Waals surface area contributed by atoms with E-state index in [1.54, 1.807) is 0 Å². The van der Waals surface area contributed by atoms with Crippen molar-refractivity contribution in [1.82, 2.24) is 0 Å². The summed E-state index contributed by atoms with van der Waals surface area (Å²) in [4.78, 5) is 25.5. The van der Waals surface area contributed by atoms with Gasteiger partial charge in [0.15, 0.2) is 6.10 Å². The first-order valence-corrected chi connectivity index (χ1v) is 28.8. The molecule has 0 aromatic heterocycles. The molecule has 0 spiro atoms. The third-order valence-corrected chi connectivity index (χ3v) is 12.5. The van der Waals surface area contributed by atoms with E-state index in [1.165, 1.54) is 180 Å². The van der Waals surface area contributed by atoms with Crippen molar-refractivity contribution in [1.29, 1.82) is 0 Å². The van der Waals surface area contributed by atoms with Gasteiger partial charge < -0.3 is 14.2 Å². The molecule has 384 valence electrons. The predicted molar refractivity (Wildman–Crippen MR) is 288 cm³/mol. The normalized spacial score (nSPS) is 12.6. The van der Waals surface area contributed by atoms with Crippen molar-refractivity contribution in [2.45, 2.75) is 297 Å². The Labute approximate surface area is 411 Å². The topological polar surface area (TPSA) is 61.8 Å². The standard InChI is InChI=1S/C61H110O5/c1-4-7-10-13-16-19-22-25-28-30-31-33-34-36-39-42-45-48-51-54-60(62)65-58-59(57-64-56-53-50-47-44-41-38-27-24-21-18-15-12-9-6-3)66-61(63)55-52-49-46-43-40-37-35-32-29-26-23-20-17-14-11-8-5-2/h8,11-12,15,17,20-21,24,26,29,59H,4-7,9-10,13-14,16,18-19,22-23,25,27-28,30-58H2,1-3H3/b11-8-,15-12-,20-17-,24-21-,29-26-. The fraction of sp³-hybridized carbons (Fsp3) is 0.803. The van der Waals surface area contributed by atoms with Crippen LogP contribution in [0.2, 0.25) is 0 Å². The molecule has 66 heavy (non-hydrogen) atoms. The molecule has 0 aromatic carbocycles. The Kier molecular flexibility index (Phi) is 54.9. The minimum atomic E-state index is -0.547. The van der Waals surface area contributed by atoms with Gasteiger partial charge in [0, 0.05) is 19.4 Å². The molecule has 0 saturated heterocycles. The number of hydrogen-bond donors (Lipinski definition) is 0. The van der Waals surface area contributed by atoms with Gasteiger partial charge in [0.25, 0.3) is 0 Å². The molecular weight excluding hydrogens is 813 g/mol. The molecule has 0 bridgehead atoms. The summed E-state index contributed by atoms with van der Waals surface area (Å²) in [6.45, 7) is 7.67. The van der Waals surface area contributed by atoms with Crippen LogP contribution >= 0.6 is 0 Å². The second-order valence-electron chi connectivity index (χ2n) is 19.2. The van der Waals surface area contributed by atoms with Crippen molar-refractivity contribution in [2.24, 2.45) is 0 Å². The van der Waals surface area contributed by atoms with Crippen LogP contribution in [0.4, 0.5) is 0 Å². The van der Waals surface area contributed by atoms with Gasteiger partial charge in [-0.25, -0.2) is 0 Å². The first-order chi connectivity index (χ1) is 32.6. The SMILES string of the molecule is CC/C=C\C/C=C\C/C=C\CCCCCCCCCC(=O)OC(COCCCCCCCC/C=C\C/C=C\CCC)COC(=O)CCCCCCCCCCCCCCCCCCCCC. The minimum absolute atomic E-state index is 0.0791. The van der Waals surface area contributed by atoms with Gasteiger partial charge in [-0.15, -0.1) is 0 Å². The van der Waals surface area contributed by atoms with Gasteiger partial charge in [0.1, 0.15) is 6.61 Å². The fourth-order valence-corrected chi connectivity index (χ4v) is 8.27. The van der Waals surface area contributed by atoms with E-state index in [-0.39, 0.29) is 25.2 Å². The second-order valence-corrected chi connectivity index (χ2v) is 19.2. The maximum atomic E-state index is 12.9. The van der Waals surface area contributed by atoms with Crippen LogP contribution in [-0.4, -0.2) is 37.9 Å². The summed E-state index contributed by atoms with van der Waals surface area (Å²) in [6, 6.07) is 0. The lowest BCUT2D eigenvalue weighted by Crippen LogP contribution is -2.30. The van der Waals surface area contributed by atoms with Crippen LogP contribution in [0.5, 0.6) is 0 Å². The van der Waals surface area contributed by atoms with E-state index in [9.17, 15) is 9.59 Å². The van der Waals surface area contributed by atoms with Crippen LogP contribution in [0.25, 0.3) is 0 Å². The minimum Gasteiger partial charge on any atom is -0.462 e. The average molecular weight is 924 g/mol. The molecule has 0 saturated carbocycles. The zero-order chi connectivity index (χ0) is 47.7. The Morgan fingerprint density at radius 3 is 1.15 bits per heavy atom. The summed E-state index contributed by atoms with van der Waals surface area (Å²) in [6.07, 6.45) is 72.4. The lowest BCUT2D eigenvalue weighted by atomic mass is 10.0. The molecule has 1 unspecified atom stereocenters. The Morgan fingerprint density at radius 1 is 0.348 bits per heavy atom. The second kappa shape index (κ2) is 56.9. The summed E-state index contributed by atoms with van der Waals surface area (Å²) in [7, 11) is 0. The van der Waals surface area contributed by atoms with Gasteiger partial charge >= 0.3 is 11.9 Å². The van der Waals surface area contributed by atoms with Crippen LogP contribution in [0.1, 0.15) is 290 Å². The van der Waals surface area contributed by atoms with Gasteiger partial charge in [-0.05, 0) is 77.0 Å². The first kappa shape index (κ1) is 63.6. The molecule has 5 heteroatoms. The molecule has 0 amide bonds. The van der Waals surface area contributed by atoms with Gasteiger partial charge in [0.05, 0.1) is 6.61 Å². The van der Waals surface area contributed by atoms with Gasteiger partial charge in [-0.2, -0.15) is 0 Å². The van der Waals surface area contributed by atoms with E-state index in [1.807, 2.05) is 0 Å². The van der Waals surface area contributed by atoms with Crippen molar-refractivity contribution >= 4 is 11.9 Å². The molecule has 0 aliphatic rings. The summed E-state index contributed by atoms with van der Waals surface area (Å²) in [5.41, 5.74) is 0. The van der Waals surface area contributed by atoms with Crippen molar-refractivity contribution in [3.8, 4) is 0 Å². The summed E-state index contributed by atoms with van der Waals surface area (Å²) in [5.74, 6) is -0.401. The van der Waals surface area contributed by atoms with Crippen LogP contribution in [0.15, 0.2) is 60.8 Å². The van der Waals surface area contributed by atoms with E-state index in [0.717, 1.165) is 77.0 Å².